The molecule has 0 aromatic heterocycles. The normalized spacial score (nSPS) is 12.1. The van der Waals surface area contributed by atoms with Gasteiger partial charge in [0.2, 0.25) is 5.91 Å². The van der Waals surface area contributed by atoms with Crippen molar-refractivity contribution in [1.29, 1.82) is 0 Å². The molecule has 76 valence electrons. The SMILES string of the molecule is CCC(Nc1cccc(Cl)c1)C(N)=O. The summed E-state index contributed by atoms with van der Waals surface area (Å²) >= 11 is 5.79. The molecule has 3 N–H and O–H groups in total. The van der Waals surface area contributed by atoms with Crippen LogP contribution in [-0.2, 0) is 4.79 Å². The van der Waals surface area contributed by atoms with Gasteiger partial charge in [-0.25, -0.2) is 0 Å². The second kappa shape index (κ2) is 4.86. The van der Waals surface area contributed by atoms with Crippen LogP contribution in [0.4, 0.5) is 5.69 Å². The Bertz CT molecular complexity index is 328. The van der Waals surface area contributed by atoms with Gasteiger partial charge in [0.25, 0.3) is 0 Å². The summed E-state index contributed by atoms with van der Waals surface area (Å²) in [5, 5.41) is 3.64. The Morgan fingerprint density at radius 3 is 2.86 bits per heavy atom. The number of carbonyl (C=O) groups excluding carboxylic acids is 1. The fraction of sp³-hybridized carbons (Fsp3) is 0.300. The molecule has 0 aliphatic heterocycles. The molecule has 3 nitrogen and oxygen atoms in total. The van der Waals surface area contributed by atoms with Crippen LogP contribution in [-0.4, -0.2) is 11.9 Å². The molecule has 0 aliphatic rings. The maximum atomic E-state index is 10.9. The topological polar surface area (TPSA) is 55.1 Å². The van der Waals surface area contributed by atoms with Gasteiger partial charge in [0.05, 0.1) is 0 Å². The van der Waals surface area contributed by atoms with Crippen LogP contribution in [0.5, 0.6) is 0 Å². The minimum absolute atomic E-state index is 0.339. The lowest BCUT2D eigenvalue weighted by Gasteiger charge is -2.14. The number of nitrogens with two attached hydrogens (primary N) is 1. The zero-order valence-corrected chi connectivity index (χ0v) is 8.71. The second-order valence-electron chi connectivity index (χ2n) is 3.02. The number of carbonyl (C=O) groups is 1. The van der Waals surface area contributed by atoms with Gasteiger partial charge in [-0.1, -0.05) is 24.6 Å². The first kappa shape index (κ1) is 10.9. The van der Waals surface area contributed by atoms with Crippen molar-refractivity contribution in [3.05, 3.63) is 29.3 Å². The van der Waals surface area contributed by atoms with Gasteiger partial charge in [-0.3, -0.25) is 4.79 Å². The van der Waals surface area contributed by atoms with E-state index in [1.54, 1.807) is 12.1 Å². The molecule has 4 heteroatoms. The lowest BCUT2D eigenvalue weighted by atomic mass is 10.2. The number of rotatable bonds is 4. The Morgan fingerprint density at radius 2 is 2.36 bits per heavy atom. The summed E-state index contributed by atoms with van der Waals surface area (Å²) < 4.78 is 0. The first-order valence-corrected chi connectivity index (χ1v) is 4.82. The van der Waals surface area contributed by atoms with E-state index >= 15 is 0 Å². The Labute approximate surface area is 88.2 Å². The maximum Gasteiger partial charge on any atom is 0.239 e. The molecule has 1 amide bonds. The molecule has 0 radical (unpaired) electrons. The first-order valence-electron chi connectivity index (χ1n) is 4.45. The van der Waals surface area contributed by atoms with Crippen molar-refractivity contribution in [3.63, 3.8) is 0 Å². The first-order chi connectivity index (χ1) is 6.63. The Kier molecular flexibility index (Phi) is 3.77. The Balaban J connectivity index is 2.72. The van der Waals surface area contributed by atoms with Crippen LogP contribution in [0.15, 0.2) is 24.3 Å². The molecule has 0 fully saturated rings. The predicted molar refractivity (Wildman–Crippen MR) is 58.3 cm³/mol. The van der Waals surface area contributed by atoms with Crippen molar-refractivity contribution in [2.45, 2.75) is 19.4 Å². The lowest BCUT2D eigenvalue weighted by Crippen LogP contribution is -2.34. The van der Waals surface area contributed by atoms with Crippen LogP contribution in [0.2, 0.25) is 5.02 Å². The molecule has 0 aliphatic carbocycles. The minimum atomic E-state index is -0.354. The monoisotopic (exact) mass is 212 g/mol. The fourth-order valence-electron chi connectivity index (χ4n) is 1.15. The van der Waals surface area contributed by atoms with Crippen molar-refractivity contribution in [3.8, 4) is 0 Å². The zero-order valence-electron chi connectivity index (χ0n) is 7.96. The summed E-state index contributed by atoms with van der Waals surface area (Å²) in [6.45, 7) is 1.90. The highest BCUT2D eigenvalue weighted by Crippen LogP contribution is 2.16. The molecule has 1 atom stereocenters. The second-order valence-corrected chi connectivity index (χ2v) is 3.45. The van der Waals surface area contributed by atoms with E-state index in [-0.39, 0.29) is 11.9 Å². The van der Waals surface area contributed by atoms with Gasteiger partial charge in [0, 0.05) is 10.7 Å². The van der Waals surface area contributed by atoms with E-state index in [9.17, 15) is 4.79 Å². The third kappa shape index (κ3) is 2.92. The van der Waals surface area contributed by atoms with Gasteiger partial charge in [0.1, 0.15) is 6.04 Å². The van der Waals surface area contributed by atoms with Crippen molar-refractivity contribution in [2.24, 2.45) is 5.73 Å². The number of benzene rings is 1. The Morgan fingerprint density at radius 1 is 1.64 bits per heavy atom. The van der Waals surface area contributed by atoms with Crippen LogP contribution in [0.3, 0.4) is 0 Å². The zero-order chi connectivity index (χ0) is 10.6. The molecule has 0 spiro atoms. The smallest absolute Gasteiger partial charge is 0.239 e. The maximum absolute atomic E-state index is 10.9. The molecule has 1 aromatic carbocycles. The molecular weight excluding hydrogens is 200 g/mol. The highest BCUT2D eigenvalue weighted by Gasteiger charge is 2.11. The summed E-state index contributed by atoms with van der Waals surface area (Å²) in [6, 6.07) is 6.86. The third-order valence-corrected chi connectivity index (χ3v) is 2.15. The standard InChI is InChI=1S/C10H13ClN2O/c1-2-9(10(12)14)13-8-5-3-4-7(11)6-8/h3-6,9,13H,2H2,1H3,(H2,12,14). The summed E-state index contributed by atoms with van der Waals surface area (Å²) in [5.74, 6) is -0.354. The van der Waals surface area contributed by atoms with Crippen molar-refractivity contribution in [2.75, 3.05) is 5.32 Å². The van der Waals surface area contributed by atoms with Crippen LogP contribution < -0.4 is 11.1 Å². The molecule has 0 saturated heterocycles. The van der Waals surface area contributed by atoms with E-state index in [1.807, 2.05) is 19.1 Å². The summed E-state index contributed by atoms with van der Waals surface area (Å²) in [7, 11) is 0. The average Bonchev–Trinajstić information content (AvgIpc) is 2.14. The number of nitrogens with one attached hydrogen (secondary N) is 1. The van der Waals surface area contributed by atoms with Gasteiger partial charge in [-0.15, -0.1) is 0 Å². The molecule has 0 heterocycles. The van der Waals surface area contributed by atoms with Gasteiger partial charge >= 0.3 is 0 Å². The van der Waals surface area contributed by atoms with Crippen LogP contribution in [0.1, 0.15) is 13.3 Å². The van der Waals surface area contributed by atoms with Gasteiger partial charge < -0.3 is 11.1 Å². The number of primary amides is 1. The van der Waals surface area contributed by atoms with Crippen LogP contribution in [0, 0.1) is 0 Å². The molecule has 0 saturated carbocycles. The molecule has 14 heavy (non-hydrogen) atoms. The number of halogens is 1. The quantitative estimate of drug-likeness (QED) is 0.802. The van der Waals surface area contributed by atoms with E-state index in [0.717, 1.165) is 5.69 Å². The average molecular weight is 213 g/mol. The van der Waals surface area contributed by atoms with Gasteiger partial charge in [-0.05, 0) is 24.6 Å². The van der Waals surface area contributed by atoms with Crippen LogP contribution >= 0.6 is 11.6 Å². The largest absolute Gasteiger partial charge is 0.374 e. The fourth-order valence-corrected chi connectivity index (χ4v) is 1.34. The highest BCUT2D eigenvalue weighted by molar-refractivity contribution is 6.30. The van der Waals surface area contributed by atoms with Gasteiger partial charge in [0.15, 0.2) is 0 Å². The number of hydrogen-bond acceptors (Lipinski definition) is 2. The summed E-state index contributed by atoms with van der Waals surface area (Å²) in [4.78, 5) is 10.9. The summed E-state index contributed by atoms with van der Waals surface area (Å²) in [5.41, 5.74) is 6.01. The van der Waals surface area contributed by atoms with Crippen molar-refractivity contribution < 1.29 is 4.79 Å². The van der Waals surface area contributed by atoms with E-state index in [1.165, 1.54) is 0 Å². The van der Waals surface area contributed by atoms with Crippen LogP contribution in [0.25, 0.3) is 0 Å². The van der Waals surface area contributed by atoms with E-state index in [0.29, 0.717) is 11.4 Å². The molecule has 0 bridgehead atoms. The number of hydrogen-bond donors (Lipinski definition) is 2. The Hall–Kier alpha value is -1.22. The highest BCUT2D eigenvalue weighted by atomic mass is 35.5. The summed E-state index contributed by atoms with van der Waals surface area (Å²) in [6.07, 6.45) is 0.655. The minimum Gasteiger partial charge on any atom is -0.374 e. The van der Waals surface area contributed by atoms with Crippen molar-refractivity contribution in [1.82, 2.24) is 0 Å². The molecular formula is C10H13ClN2O. The van der Waals surface area contributed by atoms with E-state index in [4.69, 9.17) is 17.3 Å². The lowest BCUT2D eigenvalue weighted by molar-refractivity contribution is -0.118. The molecule has 1 rings (SSSR count). The van der Waals surface area contributed by atoms with E-state index < -0.39 is 0 Å². The molecule has 1 aromatic rings. The third-order valence-electron chi connectivity index (χ3n) is 1.92. The number of anilines is 1. The van der Waals surface area contributed by atoms with Crippen molar-refractivity contribution >= 4 is 23.2 Å². The number of amides is 1. The molecule has 1 unspecified atom stereocenters. The van der Waals surface area contributed by atoms with Gasteiger partial charge in [-0.2, -0.15) is 0 Å². The van der Waals surface area contributed by atoms with E-state index in [2.05, 4.69) is 5.32 Å². The predicted octanol–water partition coefficient (Wildman–Crippen LogP) is 2.02.